The van der Waals surface area contributed by atoms with E-state index in [1.807, 2.05) is 17.6 Å². The first kappa shape index (κ1) is 15.7. The Hall–Kier alpha value is -1.20. The van der Waals surface area contributed by atoms with Crippen molar-refractivity contribution in [2.75, 3.05) is 19.6 Å². The lowest BCUT2D eigenvalue weighted by Crippen LogP contribution is -2.06. The van der Waals surface area contributed by atoms with Gasteiger partial charge in [0.1, 0.15) is 5.75 Å². The standard InChI is InChI=1S/C15H18NO4PS/c1-3-19-21(17,20-4-2)10-18-12-7-5-6-11-8-13-15(14(11)12)16-9-22-13/h5-7,9H,3-4,8,10H2,1-2H3. The zero-order chi connectivity index (χ0) is 15.6. The first-order valence-corrected chi connectivity index (χ1v) is 9.83. The molecule has 1 aliphatic rings. The van der Waals surface area contributed by atoms with E-state index in [4.69, 9.17) is 13.8 Å². The molecule has 0 atom stereocenters. The van der Waals surface area contributed by atoms with Gasteiger partial charge in [-0.3, -0.25) is 4.57 Å². The highest BCUT2D eigenvalue weighted by Crippen LogP contribution is 2.49. The Kier molecular flexibility index (Phi) is 4.64. The predicted molar refractivity (Wildman–Crippen MR) is 86.7 cm³/mol. The summed E-state index contributed by atoms with van der Waals surface area (Å²) in [6.45, 7) is 4.22. The summed E-state index contributed by atoms with van der Waals surface area (Å²) in [7, 11) is -3.22. The Labute approximate surface area is 133 Å². The highest BCUT2D eigenvalue weighted by Gasteiger charge is 2.28. The van der Waals surface area contributed by atoms with Crippen molar-refractivity contribution in [2.24, 2.45) is 0 Å². The van der Waals surface area contributed by atoms with Crippen LogP contribution in [0.1, 0.15) is 24.3 Å². The molecule has 2 aromatic rings. The number of rotatable bonds is 7. The average molecular weight is 339 g/mol. The summed E-state index contributed by atoms with van der Waals surface area (Å²) in [5.41, 5.74) is 5.00. The van der Waals surface area contributed by atoms with Crippen molar-refractivity contribution in [3.63, 3.8) is 0 Å². The molecule has 0 radical (unpaired) electrons. The number of ether oxygens (including phenoxy) is 1. The Morgan fingerprint density at radius 2 is 2.05 bits per heavy atom. The Bertz CT molecular complexity index is 705. The summed E-state index contributed by atoms with van der Waals surface area (Å²) < 4.78 is 28.8. The number of hydrogen-bond donors (Lipinski definition) is 0. The zero-order valence-electron chi connectivity index (χ0n) is 12.6. The highest BCUT2D eigenvalue weighted by molar-refractivity contribution is 7.53. The van der Waals surface area contributed by atoms with Gasteiger partial charge in [-0.05, 0) is 25.5 Å². The molecule has 0 bridgehead atoms. The maximum Gasteiger partial charge on any atom is 0.367 e. The number of hydrogen-bond acceptors (Lipinski definition) is 6. The largest absolute Gasteiger partial charge is 0.480 e. The second-order valence-electron chi connectivity index (χ2n) is 4.81. The lowest BCUT2D eigenvalue weighted by atomic mass is 10.1. The van der Waals surface area contributed by atoms with Crippen molar-refractivity contribution in [1.82, 2.24) is 4.98 Å². The van der Waals surface area contributed by atoms with Crippen LogP contribution >= 0.6 is 18.9 Å². The molecule has 118 valence electrons. The molecule has 1 aliphatic carbocycles. The van der Waals surface area contributed by atoms with Gasteiger partial charge in [-0.15, -0.1) is 11.3 Å². The molecule has 0 amide bonds. The molecular weight excluding hydrogens is 321 g/mol. The Morgan fingerprint density at radius 3 is 2.77 bits per heavy atom. The average Bonchev–Trinajstić information content (AvgIpc) is 3.06. The van der Waals surface area contributed by atoms with Crippen LogP contribution in [0.5, 0.6) is 5.75 Å². The molecule has 22 heavy (non-hydrogen) atoms. The monoisotopic (exact) mass is 339 g/mol. The molecule has 1 aromatic carbocycles. The van der Waals surface area contributed by atoms with E-state index in [0.29, 0.717) is 19.0 Å². The van der Waals surface area contributed by atoms with Crippen molar-refractivity contribution in [3.8, 4) is 17.0 Å². The SMILES string of the molecule is CCOP(=O)(COc1cccc2c1-c1ncsc1C2)OCC. The molecule has 0 saturated heterocycles. The number of fused-ring (bicyclic) bond motifs is 3. The van der Waals surface area contributed by atoms with E-state index in [-0.39, 0.29) is 6.35 Å². The molecule has 0 N–H and O–H groups in total. The summed E-state index contributed by atoms with van der Waals surface area (Å²) in [6, 6.07) is 5.88. The van der Waals surface area contributed by atoms with Crippen LogP contribution in [0, 0.1) is 0 Å². The van der Waals surface area contributed by atoms with Crippen molar-refractivity contribution in [2.45, 2.75) is 20.3 Å². The van der Waals surface area contributed by atoms with Gasteiger partial charge in [0.25, 0.3) is 0 Å². The van der Waals surface area contributed by atoms with Crippen LogP contribution in [0.2, 0.25) is 0 Å². The van der Waals surface area contributed by atoms with Crippen LogP contribution in [0.3, 0.4) is 0 Å². The fourth-order valence-electron chi connectivity index (χ4n) is 2.54. The van der Waals surface area contributed by atoms with Crippen molar-refractivity contribution >= 4 is 18.9 Å². The molecule has 0 fully saturated rings. The molecule has 0 aliphatic heterocycles. The lowest BCUT2D eigenvalue weighted by Gasteiger charge is -2.18. The minimum absolute atomic E-state index is 0.0927. The van der Waals surface area contributed by atoms with Crippen LogP contribution in [0.4, 0.5) is 0 Å². The quantitative estimate of drug-likeness (QED) is 0.600. The molecule has 0 unspecified atom stereocenters. The number of benzene rings is 1. The normalized spacial score (nSPS) is 13.0. The molecule has 3 rings (SSSR count). The van der Waals surface area contributed by atoms with Crippen molar-refractivity contribution in [1.29, 1.82) is 0 Å². The van der Waals surface area contributed by atoms with Gasteiger partial charge in [0, 0.05) is 16.9 Å². The number of thiazole rings is 1. The van der Waals surface area contributed by atoms with Gasteiger partial charge in [-0.2, -0.15) is 0 Å². The highest BCUT2D eigenvalue weighted by atomic mass is 32.1. The topological polar surface area (TPSA) is 57.7 Å². The molecule has 5 nitrogen and oxygen atoms in total. The minimum Gasteiger partial charge on any atom is -0.480 e. The van der Waals surface area contributed by atoms with E-state index < -0.39 is 7.60 Å². The van der Waals surface area contributed by atoms with E-state index in [2.05, 4.69) is 11.1 Å². The van der Waals surface area contributed by atoms with Crippen LogP contribution in [-0.2, 0) is 20.0 Å². The summed E-state index contributed by atoms with van der Waals surface area (Å²) in [5, 5.41) is 0. The molecule has 0 spiro atoms. The maximum atomic E-state index is 12.5. The van der Waals surface area contributed by atoms with E-state index in [1.54, 1.807) is 25.2 Å². The second-order valence-corrected chi connectivity index (χ2v) is 7.75. The molecular formula is C15H18NO4PS. The minimum atomic E-state index is -3.22. The maximum absolute atomic E-state index is 12.5. The second kappa shape index (κ2) is 6.50. The first-order chi connectivity index (χ1) is 10.7. The van der Waals surface area contributed by atoms with Crippen LogP contribution < -0.4 is 4.74 Å². The lowest BCUT2D eigenvalue weighted by molar-refractivity contribution is 0.197. The van der Waals surface area contributed by atoms with Crippen LogP contribution in [0.25, 0.3) is 11.3 Å². The summed E-state index contributed by atoms with van der Waals surface area (Å²) in [6.07, 6.45) is 0.783. The molecule has 1 heterocycles. The van der Waals surface area contributed by atoms with Gasteiger partial charge in [0.05, 0.1) is 24.4 Å². The Balaban J connectivity index is 1.83. The third-order valence-corrected chi connectivity index (χ3v) is 5.95. The van der Waals surface area contributed by atoms with E-state index >= 15 is 0 Å². The summed E-state index contributed by atoms with van der Waals surface area (Å²) in [5.74, 6) is 0.682. The van der Waals surface area contributed by atoms with Gasteiger partial charge in [-0.25, -0.2) is 4.98 Å². The fraction of sp³-hybridized carbons (Fsp3) is 0.400. The first-order valence-electron chi connectivity index (χ1n) is 7.22. The fourth-order valence-corrected chi connectivity index (χ4v) is 4.64. The molecule has 0 saturated carbocycles. The van der Waals surface area contributed by atoms with Crippen LogP contribution in [0.15, 0.2) is 23.7 Å². The van der Waals surface area contributed by atoms with E-state index in [0.717, 1.165) is 17.7 Å². The molecule has 1 aromatic heterocycles. The van der Waals surface area contributed by atoms with Gasteiger partial charge >= 0.3 is 7.60 Å². The van der Waals surface area contributed by atoms with Crippen molar-refractivity contribution in [3.05, 3.63) is 34.2 Å². The predicted octanol–water partition coefficient (Wildman–Crippen LogP) is 4.32. The van der Waals surface area contributed by atoms with Gasteiger partial charge in [-0.1, -0.05) is 12.1 Å². The number of aromatic nitrogens is 1. The van der Waals surface area contributed by atoms with Gasteiger partial charge in [0.15, 0.2) is 6.35 Å². The summed E-state index contributed by atoms with van der Waals surface area (Å²) >= 11 is 1.65. The van der Waals surface area contributed by atoms with E-state index in [9.17, 15) is 4.57 Å². The van der Waals surface area contributed by atoms with Crippen LogP contribution in [-0.4, -0.2) is 24.5 Å². The third-order valence-electron chi connectivity index (χ3n) is 3.37. The van der Waals surface area contributed by atoms with E-state index in [1.165, 1.54) is 10.4 Å². The third kappa shape index (κ3) is 2.97. The number of nitrogens with zero attached hydrogens (tertiary/aromatic N) is 1. The molecule has 7 heteroatoms. The summed E-state index contributed by atoms with van der Waals surface area (Å²) in [4.78, 5) is 5.66. The van der Waals surface area contributed by atoms with Crippen molar-refractivity contribution < 1.29 is 18.3 Å². The van der Waals surface area contributed by atoms with Gasteiger partial charge in [0.2, 0.25) is 0 Å². The smallest absolute Gasteiger partial charge is 0.367 e. The Morgan fingerprint density at radius 1 is 1.27 bits per heavy atom. The van der Waals surface area contributed by atoms with Gasteiger partial charge < -0.3 is 13.8 Å². The zero-order valence-corrected chi connectivity index (χ0v) is 14.3.